The molecule has 0 aromatic carbocycles. The van der Waals surface area contributed by atoms with E-state index in [4.69, 9.17) is 14.2 Å². The third-order valence-electron chi connectivity index (χ3n) is 6.50. The van der Waals surface area contributed by atoms with Gasteiger partial charge in [-0.05, 0) is 32.1 Å². The fourth-order valence-electron chi connectivity index (χ4n) is 4.67. The fraction of sp³-hybridized carbons (Fsp3) is 0.923. The number of amides is 2. The summed E-state index contributed by atoms with van der Waals surface area (Å²) in [6.07, 6.45) is 10.9. The Morgan fingerprint density at radius 3 is 2.32 bits per heavy atom. The number of thioether (sulfide) groups is 1. The molecule has 2 amide bonds. The van der Waals surface area contributed by atoms with Crippen molar-refractivity contribution in [3.05, 3.63) is 0 Å². The van der Waals surface area contributed by atoms with E-state index in [1.54, 1.807) is 0 Å². The highest BCUT2D eigenvalue weighted by molar-refractivity contribution is 8.00. The van der Waals surface area contributed by atoms with Gasteiger partial charge < -0.3 is 24.4 Å². The van der Waals surface area contributed by atoms with Gasteiger partial charge in [0, 0.05) is 43.6 Å². The van der Waals surface area contributed by atoms with E-state index in [1.165, 1.54) is 19.3 Å². The number of rotatable bonds is 22. The minimum Gasteiger partial charge on any atom is -0.379 e. The summed E-state index contributed by atoms with van der Waals surface area (Å²) in [7, 11) is 0. The maximum atomic E-state index is 12.4. The molecule has 0 spiro atoms. The minimum atomic E-state index is 0.127. The lowest BCUT2D eigenvalue weighted by molar-refractivity contribution is -0.119. The van der Waals surface area contributed by atoms with Crippen LogP contribution in [0.5, 0.6) is 0 Å². The number of hydrogen-bond donors (Lipinski definition) is 1. The monoisotopic (exact) mass is 500 g/mol. The quantitative estimate of drug-likeness (QED) is 0.170. The molecule has 8 heteroatoms. The van der Waals surface area contributed by atoms with Crippen molar-refractivity contribution in [2.45, 2.75) is 102 Å². The zero-order chi connectivity index (χ0) is 24.4. The number of nitrogens with one attached hydrogen (secondary N) is 1. The van der Waals surface area contributed by atoms with Crippen LogP contribution in [0.2, 0.25) is 0 Å². The van der Waals surface area contributed by atoms with Crippen LogP contribution in [-0.2, 0) is 19.0 Å². The normalized spacial score (nSPS) is 21.8. The maximum absolute atomic E-state index is 12.4. The number of carbonyl (C=O) groups excluding carboxylic acids is 2. The first-order valence-electron chi connectivity index (χ1n) is 13.6. The molecule has 0 bridgehead atoms. The van der Waals surface area contributed by atoms with E-state index < -0.39 is 0 Å². The lowest BCUT2D eigenvalue weighted by atomic mass is 10.0. The molecule has 0 aliphatic carbocycles. The van der Waals surface area contributed by atoms with Gasteiger partial charge in [0.15, 0.2) is 0 Å². The average Bonchev–Trinajstić information content (AvgIpc) is 3.36. The predicted molar refractivity (Wildman–Crippen MR) is 139 cm³/mol. The van der Waals surface area contributed by atoms with Crippen LogP contribution in [-0.4, -0.2) is 86.0 Å². The van der Waals surface area contributed by atoms with Gasteiger partial charge in [-0.3, -0.25) is 4.79 Å². The van der Waals surface area contributed by atoms with Crippen molar-refractivity contribution in [1.29, 1.82) is 0 Å². The molecule has 0 unspecified atom stereocenters. The van der Waals surface area contributed by atoms with Crippen LogP contribution in [0, 0.1) is 0 Å². The lowest BCUT2D eigenvalue weighted by Gasteiger charge is -2.27. The number of fused-ring (bicyclic) bond motifs is 1. The molecule has 2 rings (SSSR count). The first-order valence-corrected chi connectivity index (χ1v) is 14.7. The lowest BCUT2D eigenvalue weighted by Crippen LogP contribution is -2.41. The van der Waals surface area contributed by atoms with Crippen molar-refractivity contribution >= 4 is 23.6 Å². The van der Waals surface area contributed by atoms with Crippen molar-refractivity contribution < 1.29 is 23.8 Å². The summed E-state index contributed by atoms with van der Waals surface area (Å²) in [4.78, 5) is 26.7. The van der Waals surface area contributed by atoms with E-state index in [1.807, 2.05) is 11.8 Å². The van der Waals surface area contributed by atoms with Gasteiger partial charge in [-0.25, -0.2) is 4.79 Å². The number of ether oxygens (including phenoxy) is 3. The summed E-state index contributed by atoms with van der Waals surface area (Å²) in [6.45, 7) is 8.95. The highest BCUT2D eigenvalue weighted by Gasteiger charge is 2.47. The summed E-state index contributed by atoms with van der Waals surface area (Å²) in [5, 5.41) is 3.69. The number of hydrogen-bond acceptors (Lipinski definition) is 6. The van der Waals surface area contributed by atoms with Crippen molar-refractivity contribution in [3.8, 4) is 0 Å². The van der Waals surface area contributed by atoms with Crippen LogP contribution in [0.25, 0.3) is 0 Å². The first-order chi connectivity index (χ1) is 16.7. The number of Topliss-reactive ketones (excluding diaryl/α,β-unsaturated/α-hetero) is 1. The Balaban J connectivity index is 1.47. The number of carbonyl (C=O) groups is 2. The number of unbranched alkanes of at least 4 members (excludes halogenated alkanes) is 4. The summed E-state index contributed by atoms with van der Waals surface area (Å²) in [5.74, 6) is 1.35. The molecule has 0 radical (unpaired) electrons. The molecule has 2 saturated heterocycles. The van der Waals surface area contributed by atoms with Crippen LogP contribution >= 0.6 is 11.8 Å². The van der Waals surface area contributed by atoms with E-state index in [0.717, 1.165) is 57.4 Å². The molecule has 2 fully saturated rings. The zero-order valence-electron chi connectivity index (χ0n) is 21.6. The molecule has 7 nitrogen and oxygen atoms in total. The highest BCUT2D eigenvalue weighted by Crippen LogP contribution is 2.37. The molecular weight excluding hydrogens is 452 g/mol. The van der Waals surface area contributed by atoms with Gasteiger partial charge >= 0.3 is 6.03 Å². The van der Waals surface area contributed by atoms with Crippen molar-refractivity contribution in [2.24, 2.45) is 0 Å². The molecule has 0 aromatic heterocycles. The zero-order valence-corrected chi connectivity index (χ0v) is 22.4. The Kier molecular flexibility index (Phi) is 15.9. The van der Waals surface area contributed by atoms with Crippen molar-refractivity contribution in [1.82, 2.24) is 10.2 Å². The smallest absolute Gasteiger partial charge is 0.318 e. The standard InChI is InChI=1S/C26H48N2O5S/c1-3-5-6-9-14-28-25-23(27-26(28)30)21-34-24(25)13-8-7-11-22(29)12-10-16-32-18-20-33-19-17-31-15-4-2/h23-25H,3-21H2,1-2H3,(H,27,30)/t23-,24-,25-/m0/s1. The summed E-state index contributed by atoms with van der Waals surface area (Å²) in [6, 6.07) is 0.761. The molecule has 0 aromatic rings. The van der Waals surface area contributed by atoms with E-state index in [9.17, 15) is 9.59 Å². The largest absolute Gasteiger partial charge is 0.379 e. The van der Waals surface area contributed by atoms with Crippen LogP contribution in [0.1, 0.15) is 84.5 Å². The maximum Gasteiger partial charge on any atom is 0.318 e. The molecule has 1 N–H and O–H groups in total. The second-order valence-electron chi connectivity index (χ2n) is 9.40. The van der Waals surface area contributed by atoms with Gasteiger partial charge in [0.2, 0.25) is 0 Å². The predicted octanol–water partition coefficient (Wildman–Crippen LogP) is 4.81. The second kappa shape index (κ2) is 18.4. The number of ketones is 1. The van der Waals surface area contributed by atoms with E-state index in [0.29, 0.717) is 69.0 Å². The van der Waals surface area contributed by atoms with Gasteiger partial charge in [0.25, 0.3) is 0 Å². The molecule has 2 heterocycles. The fourth-order valence-corrected chi connectivity index (χ4v) is 6.27. The molecule has 198 valence electrons. The molecule has 2 aliphatic heterocycles. The van der Waals surface area contributed by atoms with Crippen LogP contribution in [0.15, 0.2) is 0 Å². The Morgan fingerprint density at radius 1 is 0.882 bits per heavy atom. The SMILES string of the molecule is CCCCCCN1C(=O)N[C@H]2CS[C@@H](CCCCC(=O)CCCOCCOCCOCCC)[C@H]21. The Morgan fingerprint density at radius 2 is 1.59 bits per heavy atom. The Labute approximate surface area is 211 Å². The summed E-state index contributed by atoms with van der Waals surface area (Å²) >= 11 is 2.00. The molecule has 34 heavy (non-hydrogen) atoms. The van der Waals surface area contributed by atoms with E-state index in [-0.39, 0.29) is 6.03 Å². The van der Waals surface area contributed by atoms with Crippen LogP contribution < -0.4 is 5.32 Å². The molecule has 0 saturated carbocycles. The van der Waals surface area contributed by atoms with Gasteiger partial charge in [-0.2, -0.15) is 11.8 Å². The summed E-state index contributed by atoms with van der Waals surface area (Å²) in [5.41, 5.74) is 0. The van der Waals surface area contributed by atoms with Crippen LogP contribution in [0.4, 0.5) is 4.79 Å². The van der Waals surface area contributed by atoms with Gasteiger partial charge in [0.1, 0.15) is 5.78 Å². The number of nitrogens with zero attached hydrogens (tertiary/aromatic N) is 1. The van der Waals surface area contributed by atoms with E-state index in [2.05, 4.69) is 24.1 Å². The highest BCUT2D eigenvalue weighted by atomic mass is 32.2. The second-order valence-corrected chi connectivity index (χ2v) is 10.7. The topological polar surface area (TPSA) is 77.1 Å². The van der Waals surface area contributed by atoms with Gasteiger partial charge in [-0.15, -0.1) is 0 Å². The Hall–Kier alpha value is -0.830. The molecule has 2 aliphatic rings. The molecular formula is C26H48N2O5S. The number of urea groups is 1. The minimum absolute atomic E-state index is 0.127. The summed E-state index contributed by atoms with van der Waals surface area (Å²) < 4.78 is 16.3. The van der Waals surface area contributed by atoms with E-state index >= 15 is 0 Å². The average molecular weight is 501 g/mol. The van der Waals surface area contributed by atoms with Crippen LogP contribution in [0.3, 0.4) is 0 Å². The van der Waals surface area contributed by atoms with Crippen molar-refractivity contribution in [3.63, 3.8) is 0 Å². The third kappa shape index (κ3) is 11.3. The van der Waals surface area contributed by atoms with Crippen molar-refractivity contribution in [2.75, 3.05) is 51.9 Å². The van der Waals surface area contributed by atoms with Gasteiger partial charge in [0.05, 0.1) is 38.5 Å². The Bertz CT molecular complexity index is 565. The first kappa shape index (κ1) is 29.4. The molecule has 3 atom stereocenters. The van der Waals surface area contributed by atoms with Gasteiger partial charge in [-0.1, -0.05) is 39.5 Å². The third-order valence-corrected chi connectivity index (χ3v) is 7.99.